The third kappa shape index (κ3) is 1.80. The summed E-state index contributed by atoms with van der Waals surface area (Å²) < 4.78 is 11.1. The van der Waals surface area contributed by atoms with Crippen LogP contribution in [0.25, 0.3) is 0 Å². The molecule has 1 aromatic carbocycles. The molecule has 0 saturated carbocycles. The van der Waals surface area contributed by atoms with Gasteiger partial charge < -0.3 is 20.1 Å². The Hall–Kier alpha value is -1.75. The average Bonchev–Trinajstić information content (AvgIpc) is 2.39. The van der Waals surface area contributed by atoms with Crippen molar-refractivity contribution in [2.75, 3.05) is 20.2 Å². The summed E-state index contributed by atoms with van der Waals surface area (Å²) in [4.78, 5) is 12.2. The zero-order chi connectivity index (χ0) is 12.6. The molecule has 0 unspecified atom stereocenters. The van der Waals surface area contributed by atoms with Gasteiger partial charge in [0.15, 0.2) is 5.72 Å². The molecule has 0 atom stereocenters. The molecule has 0 aliphatic carbocycles. The molecule has 2 N–H and O–H groups in total. The number of ether oxygens (including phenoxy) is 2. The summed E-state index contributed by atoms with van der Waals surface area (Å²) in [5, 5.41) is 6.24. The van der Waals surface area contributed by atoms with Crippen molar-refractivity contribution in [3.05, 3.63) is 23.8 Å². The monoisotopic (exact) mass is 248 g/mol. The van der Waals surface area contributed by atoms with E-state index < -0.39 is 5.72 Å². The lowest BCUT2D eigenvalue weighted by Crippen LogP contribution is -2.60. The number of amides is 1. The number of nitrogens with one attached hydrogen (secondary N) is 2. The van der Waals surface area contributed by atoms with Crippen molar-refractivity contribution >= 4 is 5.91 Å². The van der Waals surface area contributed by atoms with Gasteiger partial charge in [-0.1, -0.05) is 0 Å². The summed E-state index contributed by atoms with van der Waals surface area (Å²) in [6.07, 6.45) is 1.56. The Morgan fingerprint density at radius 3 is 2.83 bits per heavy atom. The fraction of sp³-hybridized carbons (Fsp3) is 0.462. The topological polar surface area (TPSA) is 59.6 Å². The van der Waals surface area contributed by atoms with E-state index in [0.717, 1.165) is 25.9 Å². The quantitative estimate of drug-likeness (QED) is 0.775. The van der Waals surface area contributed by atoms with Crippen LogP contribution >= 0.6 is 0 Å². The highest BCUT2D eigenvalue weighted by molar-refractivity contribution is 5.98. The molecule has 1 amide bonds. The molecule has 18 heavy (non-hydrogen) atoms. The van der Waals surface area contributed by atoms with Crippen LogP contribution in [0.15, 0.2) is 18.2 Å². The van der Waals surface area contributed by atoms with Gasteiger partial charge in [0.2, 0.25) is 0 Å². The van der Waals surface area contributed by atoms with Gasteiger partial charge in [0.05, 0.1) is 12.7 Å². The van der Waals surface area contributed by atoms with Crippen molar-refractivity contribution in [1.29, 1.82) is 0 Å². The minimum atomic E-state index is -0.538. The molecule has 5 heteroatoms. The Morgan fingerprint density at radius 1 is 1.33 bits per heavy atom. The Bertz CT molecular complexity index is 481. The molecular weight excluding hydrogens is 232 g/mol. The van der Waals surface area contributed by atoms with E-state index in [9.17, 15) is 4.79 Å². The maximum atomic E-state index is 12.2. The van der Waals surface area contributed by atoms with Crippen LogP contribution in [0, 0.1) is 0 Å². The first-order valence-electron chi connectivity index (χ1n) is 6.13. The Labute approximate surface area is 105 Å². The molecule has 1 aromatic rings. The van der Waals surface area contributed by atoms with Gasteiger partial charge in [0.1, 0.15) is 11.5 Å². The van der Waals surface area contributed by atoms with Gasteiger partial charge in [-0.3, -0.25) is 4.79 Å². The van der Waals surface area contributed by atoms with E-state index in [1.54, 1.807) is 19.2 Å². The number of rotatable bonds is 1. The summed E-state index contributed by atoms with van der Waals surface area (Å²) in [6.45, 7) is 1.71. The normalized spacial score (nSPS) is 20.8. The molecule has 0 aromatic heterocycles. The Balaban J connectivity index is 1.95. The van der Waals surface area contributed by atoms with Crippen LogP contribution in [0.1, 0.15) is 23.2 Å². The molecule has 1 spiro atoms. The fourth-order valence-corrected chi connectivity index (χ4v) is 2.47. The molecule has 0 bridgehead atoms. The van der Waals surface area contributed by atoms with Crippen molar-refractivity contribution in [3.63, 3.8) is 0 Å². The fourth-order valence-electron chi connectivity index (χ4n) is 2.47. The lowest BCUT2D eigenvalue weighted by molar-refractivity contribution is -0.00359. The van der Waals surface area contributed by atoms with Crippen molar-refractivity contribution in [3.8, 4) is 11.5 Å². The van der Waals surface area contributed by atoms with Gasteiger partial charge in [-0.05, 0) is 18.2 Å². The predicted molar refractivity (Wildman–Crippen MR) is 65.9 cm³/mol. The smallest absolute Gasteiger partial charge is 0.258 e. The lowest BCUT2D eigenvalue weighted by Gasteiger charge is -2.41. The van der Waals surface area contributed by atoms with Crippen molar-refractivity contribution in [2.45, 2.75) is 18.6 Å². The summed E-state index contributed by atoms with van der Waals surface area (Å²) in [6, 6.07) is 5.32. The van der Waals surface area contributed by atoms with E-state index in [0.29, 0.717) is 17.1 Å². The third-order valence-electron chi connectivity index (χ3n) is 3.49. The zero-order valence-corrected chi connectivity index (χ0v) is 10.3. The second kappa shape index (κ2) is 4.17. The van der Waals surface area contributed by atoms with Crippen LogP contribution in [0.4, 0.5) is 0 Å². The minimum Gasteiger partial charge on any atom is -0.497 e. The number of piperidine rings is 1. The van der Waals surface area contributed by atoms with Crippen molar-refractivity contribution in [1.82, 2.24) is 10.6 Å². The number of fused-ring (bicyclic) bond motifs is 1. The van der Waals surface area contributed by atoms with Crippen LogP contribution < -0.4 is 20.1 Å². The molecule has 2 aliphatic rings. The third-order valence-corrected chi connectivity index (χ3v) is 3.49. The van der Waals surface area contributed by atoms with Gasteiger partial charge in [-0.15, -0.1) is 0 Å². The zero-order valence-electron chi connectivity index (χ0n) is 10.3. The second-order valence-corrected chi connectivity index (χ2v) is 4.66. The maximum Gasteiger partial charge on any atom is 0.258 e. The number of hydrogen-bond donors (Lipinski definition) is 2. The standard InChI is InChI=1S/C13H16N2O3/c1-17-9-2-3-11-10(8-9)12(16)15-13(18-11)4-6-14-7-5-13/h2-3,8,14H,4-7H2,1H3,(H,15,16). The molecular formula is C13H16N2O3. The summed E-state index contributed by atoms with van der Waals surface area (Å²) in [5.41, 5.74) is 0.00251. The van der Waals surface area contributed by atoms with Gasteiger partial charge in [0, 0.05) is 25.9 Å². The van der Waals surface area contributed by atoms with Crippen molar-refractivity contribution in [2.24, 2.45) is 0 Å². The van der Waals surface area contributed by atoms with Gasteiger partial charge >= 0.3 is 0 Å². The maximum absolute atomic E-state index is 12.2. The Kier molecular flexibility index (Phi) is 2.63. The number of carbonyl (C=O) groups is 1. The highest BCUT2D eigenvalue weighted by atomic mass is 16.5. The lowest BCUT2D eigenvalue weighted by atomic mass is 9.98. The van der Waals surface area contributed by atoms with E-state index in [1.165, 1.54) is 0 Å². The van der Waals surface area contributed by atoms with Gasteiger partial charge in [0.25, 0.3) is 5.91 Å². The summed E-state index contributed by atoms with van der Waals surface area (Å²) >= 11 is 0. The van der Waals surface area contributed by atoms with E-state index in [1.807, 2.05) is 6.07 Å². The molecule has 96 valence electrons. The highest BCUT2D eigenvalue weighted by Gasteiger charge is 2.40. The molecule has 2 aliphatic heterocycles. The van der Waals surface area contributed by atoms with E-state index >= 15 is 0 Å². The van der Waals surface area contributed by atoms with Crippen LogP contribution in [-0.2, 0) is 0 Å². The first kappa shape index (κ1) is 11.3. The second-order valence-electron chi connectivity index (χ2n) is 4.66. The number of carbonyl (C=O) groups excluding carboxylic acids is 1. The van der Waals surface area contributed by atoms with Crippen LogP contribution in [-0.4, -0.2) is 31.8 Å². The molecule has 1 saturated heterocycles. The summed E-state index contributed by atoms with van der Waals surface area (Å²) in [5.74, 6) is 1.22. The van der Waals surface area contributed by atoms with E-state index in [2.05, 4.69) is 10.6 Å². The molecule has 3 rings (SSSR count). The van der Waals surface area contributed by atoms with Crippen LogP contribution in [0.5, 0.6) is 11.5 Å². The molecule has 1 fully saturated rings. The van der Waals surface area contributed by atoms with Crippen LogP contribution in [0.2, 0.25) is 0 Å². The van der Waals surface area contributed by atoms with E-state index in [-0.39, 0.29) is 5.91 Å². The predicted octanol–water partition coefficient (Wildman–Crippen LogP) is 0.897. The molecule has 0 radical (unpaired) electrons. The number of methoxy groups -OCH3 is 1. The SMILES string of the molecule is COc1ccc2c(c1)C(=O)NC1(CCNCC1)O2. The van der Waals surface area contributed by atoms with E-state index in [4.69, 9.17) is 9.47 Å². The highest BCUT2D eigenvalue weighted by Crippen LogP contribution is 2.34. The minimum absolute atomic E-state index is 0.0861. The Morgan fingerprint density at radius 2 is 2.11 bits per heavy atom. The first-order valence-corrected chi connectivity index (χ1v) is 6.13. The van der Waals surface area contributed by atoms with Gasteiger partial charge in [-0.25, -0.2) is 0 Å². The molecule has 5 nitrogen and oxygen atoms in total. The molecule has 2 heterocycles. The largest absolute Gasteiger partial charge is 0.497 e. The number of benzene rings is 1. The number of hydrogen-bond acceptors (Lipinski definition) is 4. The summed E-state index contributed by atoms with van der Waals surface area (Å²) in [7, 11) is 1.58. The van der Waals surface area contributed by atoms with Crippen molar-refractivity contribution < 1.29 is 14.3 Å². The average molecular weight is 248 g/mol. The van der Waals surface area contributed by atoms with Crippen LogP contribution in [0.3, 0.4) is 0 Å². The van der Waals surface area contributed by atoms with Gasteiger partial charge in [-0.2, -0.15) is 0 Å². The first-order chi connectivity index (χ1) is 8.72.